The van der Waals surface area contributed by atoms with Gasteiger partial charge in [0, 0.05) is 19.3 Å². The van der Waals surface area contributed by atoms with E-state index in [9.17, 15) is 0 Å². The van der Waals surface area contributed by atoms with Gasteiger partial charge in [-0.05, 0) is 19.3 Å². The van der Waals surface area contributed by atoms with Crippen molar-refractivity contribution in [1.82, 2.24) is 9.55 Å². The van der Waals surface area contributed by atoms with Crippen molar-refractivity contribution in [3.63, 3.8) is 0 Å². The van der Waals surface area contributed by atoms with E-state index in [4.69, 9.17) is 10.8 Å². The number of rotatable bonds is 5. The number of nitrogen functional groups attached to an aromatic ring is 1. The molecule has 0 fully saturated rings. The quantitative estimate of drug-likeness (QED) is 0.635. The number of hydrogen-bond donors (Lipinski definition) is 2. The van der Waals surface area contributed by atoms with E-state index >= 15 is 0 Å². The van der Waals surface area contributed by atoms with Gasteiger partial charge >= 0.3 is 0 Å². The molecular weight excluding hydrogens is 154 g/mol. The fourth-order valence-corrected chi connectivity index (χ4v) is 1.08. The second kappa shape index (κ2) is 4.77. The predicted molar refractivity (Wildman–Crippen MR) is 47.6 cm³/mol. The molecule has 0 bridgehead atoms. The standard InChI is InChI=1S/C8H15N3O/c9-8-6-11(7-10-8)4-2-1-3-5-12/h6-7,12H,1-5,9H2. The van der Waals surface area contributed by atoms with Crippen LogP contribution in [0.3, 0.4) is 0 Å². The topological polar surface area (TPSA) is 64.1 Å². The van der Waals surface area contributed by atoms with Crippen LogP contribution in [0, 0.1) is 0 Å². The highest BCUT2D eigenvalue weighted by atomic mass is 16.2. The van der Waals surface area contributed by atoms with Crippen LogP contribution in [0.2, 0.25) is 0 Å². The lowest BCUT2D eigenvalue weighted by Gasteiger charge is -1.99. The minimum atomic E-state index is 0.284. The van der Waals surface area contributed by atoms with Crippen LogP contribution in [-0.4, -0.2) is 21.3 Å². The molecule has 1 rings (SSSR count). The number of aliphatic hydroxyl groups is 1. The van der Waals surface area contributed by atoms with Crippen LogP contribution in [0.25, 0.3) is 0 Å². The largest absolute Gasteiger partial charge is 0.396 e. The third-order valence-corrected chi connectivity index (χ3v) is 1.73. The predicted octanol–water partition coefficient (Wildman–Crippen LogP) is 0.628. The third kappa shape index (κ3) is 2.92. The second-order valence-corrected chi connectivity index (χ2v) is 2.82. The molecule has 0 saturated heterocycles. The van der Waals surface area contributed by atoms with Crippen LogP contribution >= 0.6 is 0 Å². The molecule has 0 aliphatic heterocycles. The average molecular weight is 169 g/mol. The zero-order valence-electron chi connectivity index (χ0n) is 7.11. The molecule has 0 unspecified atom stereocenters. The smallest absolute Gasteiger partial charge is 0.141 e. The van der Waals surface area contributed by atoms with Gasteiger partial charge in [0.15, 0.2) is 0 Å². The first kappa shape index (κ1) is 9.06. The molecule has 4 heteroatoms. The minimum absolute atomic E-state index is 0.284. The Kier molecular flexibility index (Phi) is 3.60. The Morgan fingerprint density at radius 3 is 2.83 bits per heavy atom. The van der Waals surface area contributed by atoms with Gasteiger partial charge in [0.05, 0.1) is 6.33 Å². The first-order valence-corrected chi connectivity index (χ1v) is 4.21. The summed E-state index contributed by atoms with van der Waals surface area (Å²) in [4.78, 5) is 3.91. The normalized spacial score (nSPS) is 10.4. The number of nitrogens with zero attached hydrogens (tertiary/aromatic N) is 2. The Labute approximate surface area is 72.0 Å². The molecule has 4 nitrogen and oxygen atoms in total. The van der Waals surface area contributed by atoms with Crippen molar-refractivity contribution < 1.29 is 5.11 Å². The number of hydrogen-bond acceptors (Lipinski definition) is 3. The number of nitrogens with two attached hydrogens (primary N) is 1. The summed E-state index contributed by atoms with van der Waals surface area (Å²) in [6.45, 7) is 1.22. The summed E-state index contributed by atoms with van der Waals surface area (Å²) in [6.07, 6.45) is 6.54. The Morgan fingerprint density at radius 1 is 1.42 bits per heavy atom. The molecule has 0 amide bonds. The first-order chi connectivity index (χ1) is 5.83. The fourth-order valence-electron chi connectivity index (χ4n) is 1.08. The summed E-state index contributed by atoms with van der Waals surface area (Å²) in [5, 5.41) is 8.53. The summed E-state index contributed by atoms with van der Waals surface area (Å²) in [5.74, 6) is 0.567. The highest BCUT2D eigenvalue weighted by molar-refractivity contribution is 5.22. The summed E-state index contributed by atoms with van der Waals surface area (Å²) in [6, 6.07) is 0. The van der Waals surface area contributed by atoms with Crippen LogP contribution in [0.5, 0.6) is 0 Å². The van der Waals surface area contributed by atoms with E-state index < -0.39 is 0 Å². The zero-order chi connectivity index (χ0) is 8.81. The summed E-state index contributed by atoms with van der Waals surface area (Å²) < 4.78 is 1.96. The highest BCUT2D eigenvalue weighted by Crippen LogP contribution is 2.01. The van der Waals surface area contributed by atoms with Crippen molar-refractivity contribution in [2.24, 2.45) is 0 Å². The minimum Gasteiger partial charge on any atom is -0.396 e. The molecule has 1 aromatic heterocycles. The lowest BCUT2D eigenvalue weighted by molar-refractivity contribution is 0.282. The van der Waals surface area contributed by atoms with Gasteiger partial charge in [0.1, 0.15) is 5.82 Å². The van der Waals surface area contributed by atoms with Crippen molar-refractivity contribution >= 4 is 5.82 Å². The molecular formula is C8H15N3O. The molecule has 1 aromatic rings. The van der Waals surface area contributed by atoms with Gasteiger partial charge in [-0.3, -0.25) is 0 Å². The number of imidazole rings is 1. The first-order valence-electron chi connectivity index (χ1n) is 4.21. The van der Waals surface area contributed by atoms with Gasteiger partial charge in [-0.2, -0.15) is 0 Å². The molecule has 0 saturated carbocycles. The van der Waals surface area contributed by atoms with E-state index in [-0.39, 0.29) is 6.61 Å². The zero-order valence-corrected chi connectivity index (χ0v) is 7.11. The van der Waals surface area contributed by atoms with Gasteiger partial charge in [-0.1, -0.05) is 0 Å². The van der Waals surface area contributed by atoms with Crippen molar-refractivity contribution in [2.75, 3.05) is 12.3 Å². The highest BCUT2D eigenvalue weighted by Gasteiger charge is 1.93. The molecule has 0 aliphatic rings. The molecule has 0 spiro atoms. The van der Waals surface area contributed by atoms with Gasteiger partial charge in [0.25, 0.3) is 0 Å². The van der Waals surface area contributed by atoms with E-state index in [0.717, 1.165) is 25.8 Å². The van der Waals surface area contributed by atoms with Crippen molar-refractivity contribution in [3.8, 4) is 0 Å². The van der Waals surface area contributed by atoms with Gasteiger partial charge in [-0.25, -0.2) is 4.98 Å². The van der Waals surface area contributed by atoms with Gasteiger partial charge < -0.3 is 15.4 Å². The third-order valence-electron chi connectivity index (χ3n) is 1.73. The van der Waals surface area contributed by atoms with E-state index in [1.807, 2.05) is 10.8 Å². The Balaban J connectivity index is 2.15. The van der Waals surface area contributed by atoms with Gasteiger partial charge in [-0.15, -0.1) is 0 Å². The van der Waals surface area contributed by atoms with Crippen LogP contribution in [0.4, 0.5) is 5.82 Å². The Morgan fingerprint density at radius 2 is 2.25 bits per heavy atom. The lowest BCUT2D eigenvalue weighted by atomic mass is 10.2. The summed E-state index contributed by atoms with van der Waals surface area (Å²) >= 11 is 0. The number of aliphatic hydroxyl groups excluding tert-OH is 1. The van der Waals surface area contributed by atoms with Crippen LogP contribution in [0.1, 0.15) is 19.3 Å². The summed E-state index contributed by atoms with van der Waals surface area (Å²) in [5.41, 5.74) is 5.44. The van der Waals surface area contributed by atoms with E-state index in [1.165, 1.54) is 0 Å². The number of unbranched alkanes of at least 4 members (excludes halogenated alkanes) is 2. The van der Waals surface area contributed by atoms with E-state index in [2.05, 4.69) is 4.98 Å². The van der Waals surface area contributed by atoms with Crippen LogP contribution < -0.4 is 5.73 Å². The van der Waals surface area contributed by atoms with Crippen LogP contribution in [0.15, 0.2) is 12.5 Å². The Bertz CT molecular complexity index is 222. The Hall–Kier alpha value is -1.03. The van der Waals surface area contributed by atoms with Crippen LogP contribution in [-0.2, 0) is 6.54 Å². The van der Waals surface area contributed by atoms with E-state index in [0.29, 0.717) is 5.82 Å². The molecule has 12 heavy (non-hydrogen) atoms. The molecule has 3 N–H and O–H groups in total. The maximum atomic E-state index is 8.53. The molecule has 0 aromatic carbocycles. The number of aryl methyl sites for hydroxylation is 1. The monoisotopic (exact) mass is 169 g/mol. The molecule has 1 heterocycles. The molecule has 0 atom stereocenters. The maximum absolute atomic E-state index is 8.53. The number of aromatic nitrogens is 2. The number of anilines is 1. The van der Waals surface area contributed by atoms with Crippen molar-refractivity contribution in [1.29, 1.82) is 0 Å². The van der Waals surface area contributed by atoms with Crippen molar-refractivity contribution in [2.45, 2.75) is 25.8 Å². The fraction of sp³-hybridized carbons (Fsp3) is 0.625. The van der Waals surface area contributed by atoms with Gasteiger partial charge in [0.2, 0.25) is 0 Å². The molecule has 0 aliphatic carbocycles. The maximum Gasteiger partial charge on any atom is 0.141 e. The summed E-state index contributed by atoms with van der Waals surface area (Å²) in [7, 11) is 0. The molecule has 68 valence electrons. The van der Waals surface area contributed by atoms with Crippen molar-refractivity contribution in [3.05, 3.63) is 12.5 Å². The SMILES string of the molecule is Nc1cn(CCCCCO)cn1. The molecule has 0 radical (unpaired) electrons. The van der Waals surface area contributed by atoms with E-state index in [1.54, 1.807) is 6.33 Å². The second-order valence-electron chi connectivity index (χ2n) is 2.82. The lowest BCUT2D eigenvalue weighted by Crippen LogP contribution is -1.95. The average Bonchev–Trinajstić information content (AvgIpc) is 2.45.